The molecule has 0 saturated carbocycles. The second kappa shape index (κ2) is 3.42. The predicted octanol–water partition coefficient (Wildman–Crippen LogP) is 3.77. The zero-order valence-electron chi connectivity index (χ0n) is 6.00. The molecular weight excluding hydrogens is 186 g/mol. The maximum atomic E-state index is 12.2. The fourth-order valence-electron chi connectivity index (χ4n) is 0.831. The molecule has 0 fully saturated rings. The Kier molecular flexibility index (Phi) is 2.74. The van der Waals surface area contributed by atoms with Gasteiger partial charge < -0.3 is 0 Å². The number of hydrogen-bond donors (Lipinski definition) is 0. The normalized spacial score (nSPS) is 10.2. The van der Waals surface area contributed by atoms with Gasteiger partial charge in [-0.25, -0.2) is 4.39 Å². The molecule has 0 bridgehead atoms. The van der Waals surface area contributed by atoms with E-state index in [1.165, 1.54) is 0 Å². The van der Waals surface area contributed by atoms with E-state index in [4.69, 9.17) is 23.2 Å². The zero-order valence-corrected chi connectivity index (χ0v) is 7.51. The summed E-state index contributed by atoms with van der Waals surface area (Å²) in [7, 11) is 0. The minimum atomic E-state index is -0.497. The van der Waals surface area contributed by atoms with Gasteiger partial charge in [-0.1, -0.05) is 23.2 Å². The predicted molar refractivity (Wildman–Crippen MR) is 46.0 cm³/mol. The Morgan fingerprint density at radius 1 is 1.27 bits per heavy atom. The monoisotopic (exact) mass is 192 g/mol. The van der Waals surface area contributed by atoms with Gasteiger partial charge in [0.2, 0.25) is 0 Å². The van der Waals surface area contributed by atoms with Gasteiger partial charge in [-0.05, 0) is 30.2 Å². The van der Waals surface area contributed by atoms with Crippen molar-refractivity contribution in [2.75, 3.05) is 0 Å². The fourth-order valence-corrected chi connectivity index (χ4v) is 1.24. The molecule has 0 nitrogen and oxygen atoms in total. The quantitative estimate of drug-likeness (QED) is 0.636. The molecule has 0 atom stereocenters. The molecule has 0 aromatic heterocycles. The highest BCUT2D eigenvalue weighted by Gasteiger charge is 2.02. The van der Waals surface area contributed by atoms with Crippen molar-refractivity contribution in [3.05, 3.63) is 33.3 Å². The van der Waals surface area contributed by atoms with E-state index in [2.05, 4.69) is 0 Å². The molecule has 0 unspecified atom stereocenters. The van der Waals surface area contributed by atoms with Gasteiger partial charge in [0, 0.05) is 0 Å². The molecular formula is C8H7Cl2F. The third-order valence-corrected chi connectivity index (χ3v) is 2.24. The number of rotatable bonds is 1. The van der Waals surface area contributed by atoms with Crippen LogP contribution in [0.3, 0.4) is 0 Å². The molecule has 1 rings (SSSR count). The van der Waals surface area contributed by atoms with Crippen molar-refractivity contribution >= 4 is 23.2 Å². The largest absolute Gasteiger partial charge is 0.246 e. The lowest BCUT2D eigenvalue weighted by atomic mass is 10.1. The van der Waals surface area contributed by atoms with Crippen molar-refractivity contribution in [3.63, 3.8) is 0 Å². The molecule has 3 heteroatoms. The molecule has 0 aliphatic rings. The van der Waals surface area contributed by atoms with E-state index in [1.807, 2.05) is 0 Å². The highest BCUT2D eigenvalue weighted by molar-refractivity contribution is 6.42. The first-order valence-corrected chi connectivity index (χ1v) is 3.91. The maximum Gasteiger partial charge on any atom is 0.115 e. The Bertz CT molecular complexity index is 271. The van der Waals surface area contributed by atoms with Crippen LogP contribution in [0.4, 0.5) is 4.39 Å². The molecule has 1 aromatic rings. The lowest BCUT2D eigenvalue weighted by Gasteiger charge is -2.02. The second-order valence-corrected chi connectivity index (χ2v) is 3.14. The van der Waals surface area contributed by atoms with Crippen molar-refractivity contribution in [1.29, 1.82) is 0 Å². The van der Waals surface area contributed by atoms with Crippen LogP contribution >= 0.6 is 23.2 Å². The number of alkyl halides is 1. The number of halogens is 3. The van der Waals surface area contributed by atoms with Crippen LogP contribution in [0.1, 0.15) is 11.1 Å². The summed E-state index contributed by atoms with van der Waals surface area (Å²) in [5.41, 5.74) is 1.43. The zero-order chi connectivity index (χ0) is 8.43. The smallest absolute Gasteiger partial charge is 0.115 e. The van der Waals surface area contributed by atoms with E-state index in [0.29, 0.717) is 15.6 Å². The highest BCUT2D eigenvalue weighted by Crippen LogP contribution is 2.25. The van der Waals surface area contributed by atoms with Crippen molar-refractivity contribution in [3.8, 4) is 0 Å². The molecule has 0 amide bonds. The van der Waals surface area contributed by atoms with E-state index in [9.17, 15) is 4.39 Å². The van der Waals surface area contributed by atoms with Crippen LogP contribution in [0.2, 0.25) is 10.0 Å². The molecule has 0 spiro atoms. The summed E-state index contributed by atoms with van der Waals surface area (Å²) >= 11 is 11.4. The Hall–Kier alpha value is -0.270. The van der Waals surface area contributed by atoms with Gasteiger partial charge in [-0.2, -0.15) is 0 Å². The van der Waals surface area contributed by atoms with Gasteiger partial charge in [0.15, 0.2) is 0 Å². The Balaban J connectivity index is 3.21. The minimum Gasteiger partial charge on any atom is -0.246 e. The number of benzene rings is 1. The summed E-state index contributed by atoms with van der Waals surface area (Å²) in [4.78, 5) is 0. The maximum absolute atomic E-state index is 12.2. The number of hydrogen-bond acceptors (Lipinski definition) is 0. The summed E-state index contributed by atoms with van der Waals surface area (Å²) in [5, 5.41) is 0.881. The van der Waals surface area contributed by atoms with Gasteiger partial charge in [0.25, 0.3) is 0 Å². The molecule has 0 saturated heterocycles. The van der Waals surface area contributed by atoms with E-state index in [1.54, 1.807) is 19.1 Å². The highest BCUT2D eigenvalue weighted by atomic mass is 35.5. The molecule has 0 N–H and O–H groups in total. The van der Waals surface area contributed by atoms with Crippen LogP contribution in [0.5, 0.6) is 0 Å². The van der Waals surface area contributed by atoms with Crippen molar-refractivity contribution in [1.82, 2.24) is 0 Å². The van der Waals surface area contributed by atoms with E-state index >= 15 is 0 Å². The standard InChI is InChI=1S/C8H7Cl2F/c1-5-2-7(9)8(10)3-6(5)4-11/h2-3H,4H2,1H3. The number of aryl methyl sites for hydroxylation is 1. The van der Waals surface area contributed by atoms with Crippen LogP contribution in [-0.2, 0) is 6.67 Å². The van der Waals surface area contributed by atoms with Crippen LogP contribution in [0.15, 0.2) is 12.1 Å². The first-order valence-electron chi connectivity index (χ1n) is 3.15. The van der Waals surface area contributed by atoms with E-state index in [-0.39, 0.29) is 0 Å². The second-order valence-electron chi connectivity index (χ2n) is 2.33. The van der Waals surface area contributed by atoms with Crippen LogP contribution in [0, 0.1) is 6.92 Å². The third-order valence-electron chi connectivity index (χ3n) is 1.52. The molecule has 60 valence electrons. The summed E-state index contributed by atoms with van der Waals surface area (Å²) in [6.45, 7) is 1.31. The van der Waals surface area contributed by atoms with Crippen LogP contribution in [-0.4, -0.2) is 0 Å². The van der Waals surface area contributed by atoms with Crippen LogP contribution < -0.4 is 0 Å². The molecule has 0 radical (unpaired) electrons. The lowest BCUT2D eigenvalue weighted by molar-refractivity contribution is 0.483. The molecule has 1 aromatic carbocycles. The molecule has 0 heterocycles. The Morgan fingerprint density at radius 3 is 2.36 bits per heavy atom. The Morgan fingerprint density at radius 2 is 1.82 bits per heavy atom. The van der Waals surface area contributed by atoms with Gasteiger partial charge in [-0.15, -0.1) is 0 Å². The van der Waals surface area contributed by atoms with Gasteiger partial charge in [-0.3, -0.25) is 0 Å². The summed E-state index contributed by atoms with van der Waals surface area (Å²) in [6.07, 6.45) is 0. The van der Waals surface area contributed by atoms with Crippen LogP contribution in [0.25, 0.3) is 0 Å². The fraction of sp³-hybridized carbons (Fsp3) is 0.250. The summed E-state index contributed by atoms with van der Waals surface area (Å²) < 4.78 is 12.2. The van der Waals surface area contributed by atoms with Crippen molar-refractivity contribution in [2.24, 2.45) is 0 Å². The topological polar surface area (TPSA) is 0 Å². The first kappa shape index (κ1) is 8.82. The average Bonchev–Trinajstić information content (AvgIpc) is 1.97. The van der Waals surface area contributed by atoms with Gasteiger partial charge in [0.1, 0.15) is 6.67 Å². The first-order chi connectivity index (χ1) is 5.15. The van der Waals surface area contributed by atoms with E-state index < -0.39 is 6.67 Å². The summed E-state index contributed by atoms with van der Waals surface area (Å²) in [5.74, 6) is 0. The molecule has 11 heavy (non-hydrogen) atoms. The Labute approximate surface area is 74.9 Å². The van der Waals surface area contributed by atoms with E-state index in [0.717, 1.165) is 5.56 Å². The van der Waals surface area contributed by atoms with Crippen molar-refractivity contribution < 1.29 is 4.39 Å². The molecule has 0 aliphatic carbocycles. The minimum absolute atomic E-state index is 0.407. The lowest BCUT2D eigenvalue weighted by Crippen LogP contribution is -1.85. The summed E-state index contributed by atoms with van der Waals surface area (Å²) in [6, 6.07) is 3.22. The molecule has 0 aliphatic heterocycles. The third kappa shape index (κ3) is 1.85. The van der Waals surface area contributed by atoms with Gasteiger partial charge in [0.05, 0.1) is 10.0 Å². The average molecular weight is 193 g/mol. The van der Waals surface area contributed by atoms with Crippen molar-refractivity contribution in [2.45, 2.75) is 13.6 Å². The van der Waals surface area contributed by atoms with Gasteiger partial charge >= 0.3 is 0 Å². The SMILES string of the molecule is Cc1cc(Cl)c(Cl)cc1CF.